The molecule has 8 heteroatoms. The predicted molar refractivity (Wildman–Crippen MR) is 106 cm³/mol. The molecule has 2 fully saturated rings. The molecule has 29 heavy (non-hydrogen) atoms. The van der Waals surface area contributed by atoms with Gasteiger partial charge in [-0.15, -0.1) is 0 Å². The number of carbonyl (C=O) groups excluding carboxylic acids is 2. The zero-order chi connectivity index (χ0) is 20.4. The molecule has 0 saturated carbocycles. The number of anilines is 1. The van der Waals surface area contributed by atoms with Gasteiger partial charge in [0.2, 0.25) is 5.91 Å². The van der Waals surface area contributed by atoms with Gasteiger partial charge in [0, 0.05) is 11.7 Å². The van der Waals surface area contributed by atoms with E-state index in [4.69, 9.17) is 4.74 Å². The number of hydrazine groups is 1. The van der Waals surface area contributed by atoms with Gasteiger partial charge in [0.1, 0.15) is 18.0 Å². The van der Waals surface area contributed by atoms with Gasteiger partial charge in [0.05, 0.1) is 13.1 Å². The Labute approximate surface area is 168 Å². The molecule has 2 aliphatic rings. The number of carbonyl (C=O) groups is 2. The van der Waals surface area contributed by atoms with E-state index >= 15 is 0 Å². The zero-order valence-electron chi connectivity index (χ0n) is 16.0. The minimum Gasteiger partial charge on any atom is -0.442 e. The fraction of sp³-hybridized carbons (Fsp3) is 0.333. The number of rotatable bonds is 5. The van der Waals surface area contributed by atoms with Crippen molar-refractivity contribution in [3.8, 4) is 0 Å². The van der Waals surface area contributed by atoms with Gasteiger partial charge in [0.25, 0.3) is 0 Å². The maximum absolute atomic E-state index is 13.5. The van der Waals surface area contributed by atoms with E-state index in [0.717, 1.165) is 11.3 Å². The normalized spacial score (nSPS) is 23.9. The van der Waals surface area contributed by atoms with Crippen molar-refractivity contribution in [2.24, 2.45) is 0 Å². The summed E-state index contributed by atoms with van der Waals surface area (Å²) in [5, 5.41) is 2.85. The van der Waals surface area contributed by atoms with Crippen molar-refractivity contribution in [2.45, 2.75) is 31.5 Å². The number of ether oxygens (including phenoxy) is 1. The standard InChI is InChI=1S/C21H23FN4O3/c1-13-9-14(7-8-17(13)22)18-10-19(25-24-18)20(27)23-11-16-12-26(21(28)29-16)15-5-3-2-4-6-15/h2-9,16,18-19,24-25H,10-12H2,1H3,(H,23,27). The second kappa shape index (κ2) is 8.18. The third kappa shape index (κ3) is 4.23. The van der Waals surface area contributed by atoms with E-state index in [9.17, 15) is 14.0 Å². The van der Waals surface area contributed by atoms with Gasteiger partial charge in [-0.25, -0.2) is 20.0 Å². The molecule has 152 valence electrons. The second-order valence-corrected chi connectivity index (χ2v) is 7.34. The molecule has 0 radical (unpaired) electrons. The van der Waals surface area contributed by atoms with Crippen LogP contribution in [0.5, 0.6) is 0 Å². The van der Waals surface area contributed by atoms with Crippen molar-refractivity contribution >= 4 is 17.7 Å². The Balaban J connectivity index is 1.28. The summed E-state index contributed by atoms with van der Waals surface area (Å²) in [6.07, 6.45) is -0.281. The van der Waals surface area contributed by atoms with Crippen molar-refractivity contribution in [1.29, 1.82) is 0 Å². The monoisotopic (exact) mass is 398 g/mol. The molecule has 2 aromatic rings. The fourth-order valence-corrected chi connectivity index (χ4v) is 3.62. The van der Waals surface area contributed by atoms with Gasteiger partial charge in [0.15, 0.2) is 0 Å². The molecule has 2 aromatic carbocycles. The maximum atomic E-state index is 13.5. The van der Waals surface area contributed by atoms with Crippen LogP contribution in [-0.2, 0) is 9.53 Å². The Morgan fingerprint density at radius 2 is 2.03 bits per heavy atom. The number of hydrogen-bond donors (Lipinski definition) is 3. The minimum atomic E-state index is -0.423. The van der Waals surface area contributed by atoms with E-state index in [0.29, 0.717) is 18.5 Å². The first-order valence-electron chi connectivity index (χ1n) is 9.59. The lowest BCUT2D eigenvalue weighted by atomic mass is 10.00. The number of aryl methyl sites for hydroxylation is 1. The summed E-state index contributed by atoms with van der Waals surface area (Å²) in [6.45, 7) is 2.34. The van der Waals surface area contributed by atoms with Crippen LogP contribution < -0.4 is 21.1 Å². The van der Waals surface area contributed by atoms with Gasteiger partial charge >= 0.3 is 6.09 Å². The van der Waals surface area contributed by atoms with E-state index < -0.39 is 18.2 Å². The molecule has 7 nitrogen and oxygen atoms in total. The van der Waals surface area contributed by atoms with Gasteiger partial charge in [-0.2, -0.15) is 0 Å². The Morgan fingerprint density at radius 3 is 2.79 bits per heavy atom. The maximum Gasteiger partial charge on any atom is 0.414 e. The Kier molecular flexibility index (Phi) is 5.46. The van der Waals surface area contributed by atoms with Crippen LogP contribution in [0.2, 0.25) is 0 Å². The first kappa shape index (κ1) is 19.4. The molecule has 0 aromatic heterocycles. The summed E-state index contributed by atoms with van der Waals surface area (Å²) in [5.41, 5.74) is 8.34. The Bertz CT molecular complexity index is 908. The predicted octanol–water partition coefficient (Wildman–Crippen LogP) is 2.18. The van der Waals surface area contributed by atoms with Crippen molar-refractivity contribution in [2.75, 3.05) is 18.0 Å². The minimum absolute atomic E-state index is 0.0806. The molecular weight excluding hydrogens is 375 g/mol. The highest BCUT2D eigenvalue weighted by atomic mass is 19.1. The van der Waals surface area contributed by atoms with Crippen molar-refractivity contribution in [1.82, 2.24) is 16.2 Å². The molecule has 0 aliphatic carbocycles. The third-order valence-electron chi connectivity index (χ3n) is 5.25. The highest BCUT2D eigenvalue weighted by Crippen LogP contribution is 2.24. The fourth-order valence-electron chi connectivity index (χ4n) is 3.62. The smallest absolute Gasteiger partial charge is 0.414 e. The molecule has 0 bridgehead atoms. The van der Waals surface area contributed by atoms with Crippen LogP contribution in [0.3, 0.4) is 0 Å². The number of nitrogens with zero attached hydrogens (tertiary/aromatic N) is 1. The SMILES string of the molecule is Cc1cc(C2CC(C(=O)NCC3CN(c4ccccc4)C(=O)O3)NN2)ccc1F. The van der Waals surface area contributed by atoms with Gasteiger partial charge < -0.3 is 10.1 Å². The van der Waals surface area contributed by atoms with Crippen molar-refractivity contribution < 1.29 is 18.7 Å². The topological polar surface area (TPSA) is 82.7 Å². The largest absolute Gasteiger partial charge is 0.442 e. The molecule has 2 heterocycles. The summed E-state index contributed by atoms with van der Waals surface area (Å²) >= 11 is 0. The quantitative estimate of drug-likeness (QED) is 0.719. The molecule has 3 atom stereocenters. The third-order valence-corrected chi connectivity index (χ3v) is 5.25. The van der Waals surface area contributed by atoms with Crippen molar-refractivity contribution in [3.05, 3.63) is 65.5 Å². The lowest BCUT2D eigenvalue weighted by molar-refractivity contribution is -0.123. The molecule has 2 amide bonds. The van der Waals surface area contributed by atoms with Gasteiger partial charge in [-0.05, 0) is 42.7 Å². The number of halogens is 1. The molecule has 2 aliphatic heterocycles. The van der Waals surface area contributed by atoms with Crippen LogP contribution in [0.15, 0.2) is 48.5 Å². The second-order valence-electron chi connectivity index (χ2n) is 7.34. The lowest BCUT2D eigenvalue weighted by Gasteiger charge is -2.14. The molecule has 4 rings (SSSR count). The van der Waals surface area contributed by atoms with E-state index in [2.05, 4.69) is 16.2 Å². The summed E-state index contributed by atoms with van der Waals surface area (Å²) in [4.78, 5) is 26.1. The molecule has 3 N–H and O–H groups in total. The van der Waals surface area contributed by atoms with Crippen LogP contribution in [0.25, 0.3) is 0 Å². The van der Waals surface area contributed by atoms with E-state index in [1.54, 1.807) is 24.0 Å². The first-order valence-corrected chi connectivity index (χ1v) is 9.59. The van der Waals surface area contributed by atoms with Crippen LogP contribution in [-0.4, -0.2) is 37.2 Å². The summed E-state index contributed by atoms with van der Waals surface area (Å²) in [7, 11) is 0. The number of hydrogen-bond acceptors (Lipinski definition) is 5. The Hall–Kier alpha value is -2.97. The highest BCUT2D eigenvalue weighted by molar-refractivity contribution is 5.89. The average molecular weight is 398 g/mol. The number of para-hydroxylation sites is 1. The number of amides is 2. The van der Waals surface area contributed by atoms with E-state index in [1.807, 2.05) is 30.3 Å². The summed E-state index contributed by atoms with van der Waals surface area (Å²) < 4.78 is 18.8. The molecular formula is C21H23FN4O3. The van der Waals surface area contributed by atoms with Gasteiger partial charge in [-0.1, -0.05) is 30.3 Å². The molecule has 0 spiro atoms. The molecule has 3 unspecified atom stereocenters. The summed E-state index contributed by atoms with van der Waals surface area (Å²) in [6, 6.07) is 13.7. The van der Waals surface area contributed by atoms with Crippen LogP contribution in [0.1, 0.15) is 23.6 Å². The number of nitrogens with one attached hydrogen (secondary N) is 3. The first-order chi connectivity index (χ1) is 14.0. The lowest BCUT2D eigenvalue weighted by Crippen LogP contribution is -2.45. The van der Waals surface area contributed by atoms with E-state index in [-0.39, 0.29) is 24.3 Å². The van der Waals surface area contributed by atoms with Crippen LogP contribution in [0.4, 0.5) is 14.9 Å². The van der Waals surface area contributed by atoms with Crippen molar-refractivity contribution in [3.63, 3.8) is 0 Å². The Morgan fingerprint density at radius 1 is 1.24 bits per heavy atom. The van der Waals surface area contributed by atoms with Gasteiger partial charge in [-0.3, -0.25) is 9.69 Å². The number of benzene rings is 2. The van der Waals surface area contributed by atoms with Crippen LogP contribution >= 0.6 is 0 Å². The zero-order valence-corrected chi connectivity index (χ0v) is 16.0. The number of cyclic esters (lactones) is 1. The average Bonchev–Trinajstić information content (AvgIpc) is 3.36. The van der Waals surface area contributed by atoms with Crippen LogP contribution in [0, 0.1) is 12.7 Å². The molecule has 2 saturated heterocycles. The highest BCUT2D eigenvalue weighted by Gasteiger charge is 2.34. The summed E-state index contributed by atoms with van der Waals surface area (Å²) in [5.74, 6) is -0.419. The van der Waals surface area contributed by atoms with E-state index in [1.165, 1.54) is 6.07 Å².